The Morgan fingerprint density at radius 2 is 1.88 bits per heavy atom. The van der Waals surface area contributed by atoms with Crippen LogP contribution in [-0.2, 0) is 0 Å². The van der Waals surface area contributed by atoms with Gasteiger partial charge < -0.3 is 20.4 Å². The van der Waals surface area contributed by atoms with Gasteiger partial charge in [-0.05, 0) is 52.9 Å². The zero-order valence-electron chi connectivity index (χ0n) is 17.0. The van der Waals surface area contributed by atoms with Crippen LogP contribution in [0.3, 0.4) is 0 Å². The molecule has 1 aliphatic rings. The fourth-order valence-corrected chi connectivity index (χ4v) is 3.21. The summed E-state index contributed by atoms with van der Waals surface area (Å²) in [7, 11) is 4.09. The van der Waals surface area contributed by atoms with Crippen LogP contribution >= 0.6 is 24.0 Å². The van der Waals surface area contributed by atoms with Gasteiger partial charge in [0, 0.05) is 32.7 Å². The summed E-state index contributed by atoms with van der Waals surface area (Å²) >= 11 is 0. The van der Waals surface area contributed by atoms with Crippen LogP contribution in [0.15, 0.2) is 4.99 Å². The van der Waals surface area contributed by atoms with Crippen LogP contribution in [0.1, 0.15) is 58.8 Å². The third-order valence-electron chi connectivity index (χ3n) is 4.85. The van der Waals surface area contributed by atoms with Crippen molar-refractivity contribution in [3.8, 4) is 0 Å². The zero-order valence-corrected chi connectivity index (χ0v) is 19.3. The first-order valence-corrected chi connectivity index (χ1v) is 10.0. The van der Waals surface area contributed by atoms with E-state index >= 15 is 0 Å². The number of aliphatic imine (C=N–C) groups is 1. The first kappa shape index (κ1) is 24.9. The van der Waals surface area contributed by atoms with E-state index in [1.165, 1.54) is 77.7 Å². The molecule has 1 rings (SSSR count). The van der Waals surface area contributed by atoms with Crippen molar-refractivity contribution in [2.45, 2.75) is 64.8 Å². The number of hydrogen-bond acceptors (Lipinski definition) is 3. The molecule has 0 amide bonds. The second-order valence-electron chi connectivity index (χ2n) is 7.25. The number of guanidine groups is 1. The molecule has 1 unspecified atom stereocenters. The summed E-state index contributed by atoms with van der Waals surface area (Å²) in [5.74, 6) is 0.952. The van der Waals surface area contributed by atoms with E-state index in [4.69, 9.17) is 0 Å². The average molecular weight is 467 g/mol. The maximum absolute atomic E-state index is 4.36. The van der Waals surface area contributed by atoms with Gasteiger partial charge in [0.2, 0.25) is 0 Å². The summed E-state index contributed by atoms with van der Waals surface area (Å²) in [6.07, 6.45) is 9.01. The molecule has 0 spiro atoms. The van der Waals surface area contributed by atoms with E-state index in [0.717, 1.165) is 12.5 Å². The lowest BCUT2D eigenvalue weighted by atomic mass is 10.1. The van der Waals surface area contributed by atoms with Crippen LogP contribution < -0.4 is 10.6 Å². The number of nitrogens with one attached hydrogen (secondary N) is 2. The zero-order chi connectivity index (χ0) is 17.6. The van der Waals surface area contributed by atoms with Crippen LogP contribution in [0.5, 0.6) is 0 Å². The van der Waals surface area contributed by atoms with Gasteiger partial charge in [-0.2, -0.15) is 0 Å². The maximum atomic E-state index is 4.36. The molecule has 1 atom stereocenters. The highest BCUT2D eigenvalue weighted by atomic mass is 127. The molecule has 0 aromatic rings. The summed E-state index contributed by atoms with van der Waals surface area (Å²) in [5, 5.41) is 6.98. The molecule has 150 valence electrons. The molecule has 0 radical (unpaired) electrons. The fourth-order valence-electron chi connectivity index (χ4n) is 3.21. The highest BCUT2D eigenvalue weighted by molar-refractivity contribution is 14.0. The predicted molar refractivity (Wildman–Crippen MR) is 121 cm³/mol. The molecule has 1 saturated heterocycles. The molecular weight excluding hydrogens is 425 g/mol. The number of rotatable bonds is 10. The lowest BCUT2D eigenvalue weighted by Gasteiger charge is -2.21. The van der Waals surface area contributed by atoms with E-state index in [-0.39, 0.29) is 24.0 Å². The minimum atomic E-state index is 0. The molecule has 2 N–H and O–H groups in total. The second kappa shape index (κ2) is 16.1. The molecule has 6 heteroatoms. The van der Waals surface area contributed by atoms with Crippen LogP contribution in [-0.4, -0.2) is 75.2 Å². The van der Waals surface area contributed by atoms with Crippen molar-refractivity contribution < 1.29 is 0 Å². The largest absolute Gasteiger partial charge is 0.356 e. The molecule has 25 heavy (non-hydrogen) atoms. The van der Waals surface area contributed by atoms with Gasteiger partial charge in [-0.1, -0.05) is 32.6 Å². The van der Waals surface area contributed by atoms with Crippen LogP contribution in [0.25, 0.3) is 0 Å². The van der Waals surface area contributed by atoms with Gasteiger partial charge in [0.25, 0.3) is 0 Å². The Morgan fingerprint density at radius 1 is 1.08 bits per heavy atom. The summed E-state index contributed by atoms with van der Waals surface area (Å²) in [5.41, 5.74) is 0. The van der Waals surface area contributed by atoms with Crippen molar-refractivity contribution in [3.05, 3.63) is 0 Å². The molecular formula is C19H42IN5. The van der Waals surface area contributed by atoms with Crippen molar-refractivity contribution in [1.82, 2.24) is 20.4 Å². The SMILES string of the molecule is CCCCCCC(C)NC(=NC)NCCCN1CCCN(C)CC1.I. The molecule has 1 heterocycles. The lowest BCUT2D eigenvalue weighted by molar-refractivity contribution is 0.274. The van der Waals surface area contributed by atoms with E-state index in [0.29, 0.717) is 6.04 Å². The predicted octanol–water partition coefficient (Wildman–Crippen LogP) is 3.16. The third-order valence-corrected chi connectivity index (χ3v) is 4.85. The first-order valence-electron chi connectivity index (χ1n) is 10.0. The number of hydrogen-bond donors (Lipinski definition) is 2. The lowest BCUT2D eigenvalue weighted by Crippen LogP contribution is -2.43. The summed E-state index contributed by atoms with van der Waals surface area (Å²) in [4.78, 5) is 9.39. The average Bonchev–Trinajstić information content (AvgIpc) is 2.79. The second-order valence-corrected chi connectivity index (χ2v) is 7.25. The van der Waals surface area contributed by atoms with Gasteiger partial charge in [0.1, 0.15) is 0 Å². The molecule has 0 bridgehead atoms. The van der Waals surface area contributed by atoms with Gasteiger partial charge in [0.15, 0.2) is 5.96 Å². The number of unbranched alkanes of at least 4 members (excludes halogenated alkanes) is 3. The Kier molecular flexibility index (Phi) is 16.1. The van der Waals surface area contributed by atoms with E-state index in [9.17, 15) is 0 Å². The fraction of sp³-hybridized carbons (Fsp3) is 0.947. The monoisotopic (exact) mass is 467 g/mol. The number of likely N-dealkylation sites (N-methyl/N-ethyl adjacent to an activating group) is 1. The topological polar surface area (TPSA) is 42.9 Å². The highest BCUT2D eigenvalue weighted by Gasteiger charge is 2.11. The van der Waals surface area contributed by atoms with Gasteiger partial charge >= 0.3 is 0 Å². The van der Waals surface area contributed by atoms with Crippen molar-refractivity contribution in [3.63, 3.8) is 0 Å². The van der Waals surface area contributed by atoms with E-state index in [2.05, 4.69) is 46.3 Å². The molecule has 0 aromatic carbocycles. The number of nitrogens with zero attached hydrogens (tertiary/aromatic N) is 3. The van der Waals surface area contributed by atoms with E-state index in [1.807, 2.05) is 7.05 Å². The minimum absolute atomic E-state index is 0. The van der Waals surface area contributed by atoms with Gasteiger partial charge in [-0.15, -0.1) is 24.0 Å². The van der Waals surface area contributed by atoms with Gasteiger partial charge in [-0.25, -0.2) is 0 Å². The van der Waals surface area contributed by atoms with Crippen molar-refractivity contribution >= 4 is 29.9 Å². The van der Waals surface area contributed by atoms with Crippen molar-refractivity contribution in [1.29, 1.82) is 0 Å². The third kappa shape index (κ3) is 12.8. The molecule has 0 aromatic heterocycles. The van der Waals surface area contributed by atoms with Gasteiger partial charge in [0.05, 0.1) is 0 Å². The normalized spacial score (nSPS) is 18.3. The van der Waals surface area contributed by atoms with Gasteiger partial charge in [-0.3, -0.25) is 4.99 Å². The minimum Gasteiger partial charge on any atom is -0.356 e. The maximum Gasteiger partial charge on any atom is 0.191 e. The highest BCUT2D eigenvalue weighted by Crippen LogP contribution is 2.05. The molecule has 1 aliphatic heterocycles. The van der Waals surface area contributed by atoms with Crippen molar-refractivity contribution in [2.75, 3.05) is 53.4 Å². The molecule has 0 aliphatic carbocycles. The Morgan fingerprint density at radius 3 is 2.60 bits per heavy atom. The standard InChI is InChI=1S/C19H41N5.HI/c1-5-6-7-8-11-18(2)22-19(20-3)21-12-9-14-24-15-10-13-23(4)16-17-24;/h18H,5-17H2,1-4H3,(H2,20,21,22);1H. The van der Waals surface area contributed by atoms with Crippen LogP contribution in [0.2, 0.25) is 0 Å². The Balaban J connectivity index is 0.00000576. The van der Waals surface area contributed by atoms with Crippen molar-refractivity contribution in [2.24, 2.45) is 4.99 Å². The Bertz CT molecular complexity index is 338. The summed E-state index contributed by atoms with van der Waals surface area (Å²) in [6.45, 7) is 11.6. The molecule has 0 saturated carbocycles. The molecule has 1 fully saturated rings. The van der Waals surface area contributed by atoms with E-state index < -0.39 is 0 Å². The quantitative estimate of drug-likeness (QED) is 0.224. The van der Waals surface area contributed by atoms with Crippen LogP contribution in [0, 0.1) is 0 Å². The molecule has 5 nitrogen and oxygen atoms in total. The summed E-state index contributed by atoms with van der Waals surface area (Å²) in [6, 6.07) is 0.495. The smallest absolute Gasteiger partial charge is 0.191 e. The first-order chi connectivity index (χ1) is 11.7. The van der Waals surface area contributed by atoms with E-state index in [1.54, 1.807) is 0 Å². The Hall–Kier alpha value is -0.0800. The Labute approximate surface area is 173 Å². The summed E-state index contributed by atoms with van der Waals surface area (Å²) < 4.78 is 0. The number of halogens is 1. The van der Waals surface area contributed by atoms with Crippen LogP contribution in [0.4, 0.5) is 0 Å².